The van der Waals surface area contributed by atoms with E-state index in [-0.39, 0.29) is 11.3 Å². The molecule has 2 N–H and O–H groups in total. The monoisotopic (exact) mass is 295 g/mol. The van der Waals surface area contributed by atoms with E-state index in [0.717, 1.165) is 6.42 Å². The number of anilines is 1. The first-order chi connectivity index (χ1) is 10.1. The van der Waals surface area contributed by atoms with Gasteiger partial charge in [0.15, 0.2) is 0 Å². The third-order valence-corrected chi connectivity index (χ3v) is 2.84. The van der Waals surface area contributed by atoms with Crippen molar-refractivity contribution >= 4 is 17.3 Å². The van der Waals surface area contributed by atoms with Crippen molar-refractivity contribution in [1.29, 1.82) is 0 Å². The fourth-order valence-electron chi connectivity index (χ4n) is 1.84. The van der Waals surface area contributed by atoms with E-state index in [1.54, 1.807) is 19.2 Å². The van der Waals surface area contributed by atoms with Gasteiger partial charge in [-0.05, 0) is 25.0 Å². The highest BCUT2D eigenvalue weighted by molar-refractivity contribution is 6.00. The number of carbonyl (C=O) groups is 1. The number of nitrogens with zero attached hydrogens (tertiary/aromatic N) is 1. The average molecular weight is 295 g/mol. The molecule has 0 radical (unpaired) electrons. The van der Waals surface area contributed by atoms with Crippen molar-refractivity contribution in [2.75, 3.05) is 32.1 Å². The van der Waals surface area contributed by atoms with Crippen LogP contribution in [0.5, 0.6) is 0 Å². The normalized spacial score (nSPS) is 10.2. The number of nitro benzene ring substituents is 1. The van der Waals surface area contributed by atoms with Gasteiger partial charge in [-0.2, -0.15) is 0 Å². The van der Waals surface area contributed by atoms with Crippen LogP contribution >= 0.6 is 0 Å². The van der Waals surface area contributed by atoms with Gasteiger partial charge in [0, 0.05) is 26.8 Å². The van der Waals surface area contributed by atoms with Crippen molar-refractivity contribution in [2.45, 2.75) is 19.8 Å². The van der Waals surface area contributed by atoms with Crippen LogP contribution in [0.1, 0.15) is 30.1 Å². The Morgan fingerprint density at radius 1 is 1.38 bits per heavy atom. The number of hydrogen-bond donors (Lipinski definition) is 2. The summed E-state index contributed by atoms with van der Waals surface area (Å²) < 4.78 is 4.89. The molecule has 0 bridgehead atoms. The third-order valence-electron chi connectivity index (χ3n) is 2.84. The van der Waals surface area contributed by atoms with Crippen LogP contribution in [-0.4, -0.2) is 37.6 Å². The van der Waals surface area contributed by atoms with Crippen molar-refractivity contribution in [3.63, 3.8) is 0 Å². The smallest absolute Gasteiger partial charge is 0.305 e. The number of hydrogen-bond acceptors (Lipinski definition) is 5. The Morgan fingerprint density at radius 3 is 2.76 bits per heavy atom. The molecule has 1 rings (SSSR count). The molecular weight excluding hydrogens is 274 g/mol. The first-order valence-corrected chi connectivity index (χ1v) is 6.90. The van der Waals surface area contributed by atoms with Crippen LogP contribution in [0.25, 0.3) is 0 Å². The quantitative estimate of drug-likeness (QED) is 0.414. The summed E-state index contributed by atoms with van der Waals surface area (Å²) >= 11 is 0. The third kappa shape index (κ3) is 5.03. The first-order valence-electron chi connectivity index (χ1n) is 6.90. The Kier molecular flexibility index (Phi) is 7.17. The van der Waals surface area contributed by atoms with Gasteiger partial charge in [-0.25, -0.2) is 0 Å². The maximum atomic E-state index is 12.1. The summed E-state index contributed by atoms with van der Waals surface area (Å²) in [5.74, 6) is -0.446. The number of amides is 1. The van der Waals surface area contributed by atoms with Gasteiger partial charge < -0.3 is 15.4 Å². The number of benzene rings is 1. The fraction of sp³-hybridized carbons (Fsp3) is 0.500. The van der Waals surface area contributed by atoms with Crippen molar-refractivity contribution in [1.82, 2.24) is 5.32 Å². The summed E-state index contributed by atoms with van der Waals surface area (Å²) in [6.45, 7) is 3.52. The van der Waals surface area contributed by atoms with Gasteiger partial charge in [-0.15, -0.1) is 0 Å². The molecule has 0 atom stereocenters. The number of methoxy groups -OCH3 is 1. The van der Waals surface area contributed by atoms with E-state index >= 15 is 0 Å². The van der Waals surface area contributed by atoms with E-state index in [2.05, 4.69) is 10.6 Å². The van der Waals surface area contributed by atoms with Crippen LogP contribution in [0.3, 0.4) is 0 Å². The number of nitrogens with one attached hydrogen (secondary N) is 2. The number of carbonyl (C=O) groups excluding carboxylic acids is 1. The molecular formula is C14H21N3O4. The summed E-state index contributed by atoms with van der Waals surface area (Å²) in [6.07, 6.45) is 1.49. The van der Waals surface area contributed by atoms with E-state index in [1.807, 2.05) is 6.92 Å². The molecule has 0 aromatic heterocycles. The first kappa shape index (κ1) is 16.9. The molecule has 7 nitrogen and oxygen atoms in total. The second-order valence-corrected chi connectivity index (χ2v) is 4.49. The van der Waals surface area contributed by atoms with Crippen LogP contribution in [0.4, 0.5) is 11.4 Å². The Labute approximate surface area is 123 Å². The van der Waals surface area contributed by atoms with Gasteiger partial charge in [0.1, 0.15) is 11.3 Å². The largest absolute Gasteiger partial charge is 0.385 e. The zero-order chi connectivity index (χ0) is 15.7. The van der Waals surface area contributed by atoms with Crippen LogP contribution in [0, 0.1) is 10.1 Å². The molecule has 0 spiro atoms. The summed E-state index contributed by atoms with van der Waals surface area (Å²) in [5, 5.41) is 16.9. The lowest BCUT2D eigenvalue weighted by atomic mass is 10.1. The van der Waals surface area contributed by atoms with Crippen LogP contribution in [0.15, 0.2) is 18.2 Å². The zero-order valence-corrected chi connectivity index (χ0v) is 12.3. The van der Waals surface area contributed by atoms with Gasteiger partial charge in [0.05, 0.1) is 4.92 Å². The molecule has 0 saturated heterocycles. The lowest BCUT2D eigenvalue weighted by Gasteiger charge is -2.10. The summed E-state index contributed by atoms with van der Waals surface area (Å²) in [5.41, 5.74) is 0.250. The van der Waals surface area contributed by atoms with Crippen molar-refractivity contribution in [2.24, 2.45) is 0 Å². The van der Waals surface area contributed by atoms with Gasteiger partial charge >= 0.3 is 5.69 Å². The van der Waals surface area contributed by atoms with E-state index in [0.29, 0.717) is 31.8 Å². The molecule has 1 aromatic rings. The highest BCUT2D eigenvalue weighted by Gasteiger charge is 2.23. The predicted molar refractivity (Wildman–Crippen MR) is 80.7 cm³/mol. The van der Waals surface area contributed by atoms with Crippen LogP contribution in [-0.2, 0) is 4.74 Å². The molecule has 0 heterocycles. The van der Waals surface area contributed by atoms with Gasteiger partial charge in [-0.3, -0.25) is 14.9 Å². The molecule has 0 aliphatic rings. The minimum atomic E-state index is -0.526. The summed E-state index contributed by atoms with van der Waals surface area (Å²) in [7, 11) is 1.58. The molecule has 0 aliphatic heterocycles. The topological polar surface area (TPSA) is 93.5 Å². The standard InChI is InChI=1S/C14H21N3O4/c1-3-8-15-12-7-4-6-11(13(12)17(19)20)14(18)16-9-5-10-21-2/h4,6-7,15H,3,5,8-10H2,1-2H3,(H,16,18). The van der Waals surface area contributed by atoms with Crippen molar-refractivity contribution in [3.8, 4) is 0 Å². The molecule has 0 aliphatic carbocycles. The van der Waals surface area contributed by atoms with E-state index < -0.39 is 10.8 Å². The SMILES string of the molecule is CCCNc1cccc(C(=O)NCCCOC)c1[N+](=O)[O-]. The summed E-state index contributed by atoms with van der Waals surface area (Å²) in [6, 6.07) is 4.70. The highest BCUT2D eigenvalue weighted by Crippen LogP contribution is 2.28. The minimum Gasteiger partial charge on any atom is -0.385 e. The molecule has 1 amide bonds. The minimum absolute atomic E-state index is 0.0681. The summed E-state index contributed by atoms with van der Waals surface area (Å²) in [4.78, 5) is 22.8. The highest BCUT2D eigenvalue weighted by atomic mass is 16.6. The second-order valence-electron chi connectivity index (χ2n) is 4.49. The Morgan fingerprint density at radius 2 is 2.14 bits per heavy atom. The average Bonchev–Trinajstić information content (AvgIpc) is 2.48. The number of para-hydroxylation sites is 1. The fourth-order valence-corrected chi connectivity index (χ4v) is 1.84. The molecule has 21 heavy (non-hydrogen) atoms. The Hall–Kier alpha value is -2.15. The van der Waals surface area contributed by atoms with Gasteiger partial charge in [0.25, 0.3) is 5.91 Å². The van der Waals surface area contributed by atoms with Gasteiger partial charge in [0.2, 0.25) is 0 Å². The van der Waals surface area contributed by atoms with Crippen molar-refractivity contribution in [3.05, 3.63) is 33.9 Å². The van der Waals surface area contributed by atoms with E-state index in [4.69, 9.17) is 4.74 Å². The molecule has 116 valence electrons. The lowest BCUT2D eigenvalue weighted by molar-refractivity contribution is -0.384. The molecule has 0 unspecified atom stereocenters. The van der Waals surface area contributed by atoms with Crippen LogP contribution < -0.4 is 10.6 Å². The van der Waals surface area contributed by atoms with Gasteiger partial charge in [-0.1, -0.05) is 13.0 Å². The zero-order valence-electron chi connectivity index (χ0n) is 12.3. The maximum absolute atomic E-state index is 12.1. The lowest BCUT2D eigenvalue weighted by Crippen LogP contribution is -2.26. The molecule has 7 heteroatoms. The van der Waals surface area contributed by atoms with Crippen molar-refractivity contribution < 1.29 is 14.5 Å². The number of ether oxygens (including phenoxy) is 1. The maximum Gasteiger partial charge on any atom is 0.305 e. The molecule has 1 aromatic carbocycles. The number of rotatable bonds is 9. The second kappa shape index (κ2) is 8.91. The number of nitro groups is 1. The predicted octanol–water partition coefficient (Wildman–Crippen LogP) is 2.18. The van der Waals surface area contributed by atoms with E-state index in [1.165, 1.54) is 6.07 Å². The Balaban J connectivity index is 2.89. The Bertz CT molecular complexity index is 491. The van der Waals surface area contributed by atoms with E-state index in [9.17, 15) is 14.9 Å². The molecule has 0 saturated carbocycles. The van der Waals surface area contributed by atoms with Crippen LogP contribution in [0.2, 0.25) is 0 Å². The molecule has 0 fully saturated rings.